The molecule has 0 aromatic carbocycles. The van der Waals surface area contributed by atoms with Crippen LogP contribution in [0.2, 0.25) is 0 Å². The average Bonchev–Trinajstić information content (AvgIpc) is 3.49. The molecule has 0 bridgehead atoms. The van der Waals surface area contributed by atoms with E-state index >= 15 is 0 Å². The molecule has 0 aliphatic carbocycles. The summed E-state index contributed by atoms with van der Waals surface area (Å²) in [6.45, 7) is 7.59. The van der Waals surface area contributed by atoms with Crippen molar-refractivity contribution in [3.63, 3.8) is 0 Å². The Morgan fingerprint density at radius 3 is 1.68 bits per heavy atom. The summed E-state index contributed by atoms with van der Waals surface area (Å²) < 4.78 is 19.3. The molecule has 6 nitrogen and oxygen atoms in total. The maximum atomic E-state index is 12.9. The van der Waals surface area contributed by atoms with Crippen molar-refractivity contribution in [2.45, 2.75) is 211 Å². The molecule has 2 atom stereocenters. The maximum absolute atomic E-state index is 12.9. The van der Waals surface area contributed by atoms with Crippen molar-refractivity contribution in [3.05, 3.63) is 36.5 Å². The zero-order valence-corrected chi connectivity index (χ0v) is 35.5. The smallest absolute Gasteiger partial charge is 0.409 e. The van der Waals surface area contributed by atoms with Crippen molar-refractivity contribution in [2.75, 3.05) is 46.9 Å². The van der Waals surface area contributed by atoms with Gasteiger partial charge in [-0.3, -0.25) is 0 Å². The SMILES string of the molecule is CCCCC/C=C/C=C\CCCCCCCCC1(CCCCCCCC/C=C\CCCCCCCC)OCC2(CCCN(C(=O)OCCN(C)C)C2)O1. The first kappa shape index (κ1) is 47.5. The molecule has 1 amide bonds. The number of carbonyl (C=O) groups excluding carboxylic acids is 1. The number of rotatable bonds is 33. The largest absolute Gasteiger partial charge is 0.448 e. The van der Waals surface area contributed by atoms with E-state index in [2.05, 4.69) is 50.3 Å². The fraction of sp³-hybridized carbons (Fsp3) is 0.851. The van der Waals surface area contributed by atoms with E-state index in [1.165, 1.54) is 148 Å². The molecule has 2 rings (SSSR count). The molecule has 2 fully saturated rings. The molecule has 2 heterocycles. The van der Waals surface area contributed by atoms with Crippen molar-refractivity contribution >= 4 is 6.09 Å². The monoisotopic (exact) mass is 743 g/mol. The number of likely N-dealkylation sites (N-methyl/N-ethyl adjacent to an activating group) is 1. The molecule has 0 aromatic rings. The normalized spacial score (nSPS) is 20.7. The van der Waals surface area contributed by atoms with Gasteiger partial charge in [-0.05, 0) is 91.1 Å². The highest BCUT2D eigenvalue weighted by Crippen LogP contribution is 2.43. The van der Waals surface area contributed by atoms with Gasteiger partial charge in [-0.1, -0.05) is 147 Å². The highest BCUT2D eigenvalue weighted by molar-refractivity contribution is 5.67. The van der Waals surface area contributed by atoms with Gasteiger partial charge in [-0.25, -0.2) is 4.79 Å². The second-order valence-corrected chi connectivity index (χ2v) is 16.6. The Bertz CT molecular complexity index is 964. The topological polar surface area (TPSA) is 51.2 Å². The first-order valence-corrected chi connectivity index (χ1v) is 22.8. The number of ether oxygens (including phenoxy) is 3. The number of hydrogen-bond acceptors (Lipinski definition) is 5. The second kappa shape index (κ2) is 31.6. The summed E-state index contributed by atoms with van der Waals surface area (Å²) in [6.07, 6.45) is 49.8. The van der Waals surface area contributed by atoms with E-state index in [0.717, 1.165) is 51.6 Å². The summed E-state index contributed by atoms with van der Waals surface area (Å²) in [7, 11) is 4.00. The Hall–Kier alpha value is -1.63. The Balaban J connectivity index is 1.72. The van der Waals surface area contributed by atoms with Crippen molar-refractivity contribution in [1.82, 2.24) is 9.80 Å². The van der Waals surface area contributed by atoms with Crippen LogP contribution in [-0.2, 0) is 14.2 Å². The van der Waals surface area contributed by atoms with Crippen molar-refractivity contribution < 1.29 is 19.0 Å². The van der Waals surface area contributed by atoms with Crippen molar-refractivity contribution in [1.29, 1.82) is 0 Å². The molecule has 2 aliphatic rings. The van der Waals surface area contributed by atoms with Crippen LogP contribution in [0.1, 0.15) is 200 Å². The molecule has 0 saturated carbocycles. The number of allylic oxidation sites excluding steroid dienone is 6. The summed E-state index contributed by atoms with van der Waals surface area (Å²) in [5, 5.41) is 0. The first-order valence-electron chi connectivity index (χ1n) is 22.8. The number of likely N-dealkylation sites (tertiary alicyclic amines) is 1. The van der Waals surface area contributed by atoms with Gasteiger partial charge in [0.15, 0.2) is 5.79 Å². The van der Waals surface area contributed by atoms with Crippen LogP contribution < -0.4 is 0 Å². The average molecular weight is 743 g/mol. The standard InChI is InChI=1S/C47H86N2O4/c1-5-7-9-11-13-15-17-19-21-23-25-27-29-31-33-35-39-47(38-34-32-30-28-26-24-22-20-18-16-14-12-10-8-6-2)52-44-46(53-47)37-36-40-49(43-46)45(50)51-42-41-48(3)4/h14,16,18-21H,5-13,15,17,22-44H2,1-4H3/b16-14+,20-18-,21-19-. The van der Waals surface area contributed by atoms with Gasteiger partial charge in [-0.2, -0.15) is 0 Å². The highest BCUT2D eigenvalue weighted by Gasteiger charge is 2.52. The fourth-order valence-corrected chi connectivity index (χ4v) is 7.82. The van der Waals surface area contributed by atoms with Crippen LogP contribution in [0.3, 0.4) is 0 Å². The number of carbonyl (C=O) groups is 1. The Labute approximate surface area is 328 Å². The van der Waals surface area contributed by atoms with Gasteiger partial charge in [0.1, 0.15) is 12.2 Å². The summed E-state index contributed by atoms with van der Waals surface area (Å²) in [4.78, 5) is 16.8. The van der Waals surface area contributed by atoms with Crippen molar-refractivity contribution in [2.24, 2.45) is 0 Å². The third kappa shape index (κ3) is 23.8. The van der Waals surface area contributed by atoms with Gasteiger partial charge < -0.3 is 24.0 Å². The van der Waals surface area contributed by atoms with E-state index in [1.54, 1.807) is 0 Å². The molecule has 2 unspecified atom stereocenters. The summed E-state index contributed by atoms with van der Waals surface area (Å²) in [6, 6.07) is 0. The van der Waals surface area contributed by atoms with Gasteiger partial charge >= 0.3 is 6.09 Å². The molecule has 6 heteroatoms. The van der Waals surface area contributed by atoms with E-state index in [0.29, 0.717) is 19.8 Å². The lowest BCUT2D eigenvalue weighted by Gasteiger charge is -2.40. The number of amides is 1. The fourth-order valence-electron chi connectivity index (χ4n) is 7.82. The van der Waals surface area contributed by atoms with Gasteiger partial charge in [0, 0.05) is 25.9 Å². The lowest BCUT2D eigenvalue weighted by atomic mass is 9.93. The number of hydrogen-bond donors (Lipinski definition) is 0. The number of unbranched alkanes of at least 4 members (excludes halogenated alkanes) is 21. The maximum Gasteiger partial charge on any atom is 0.409 e. The molecule has 0 radical (unpaired) electrons. The summed E-state index contributed by atoms with van der Waals surface area (Å²) in [5.74, 6) is -0.506. The highest BCUT2D eigenvalue weighted by atomic mass is 16.8. The van der Waals surface area contributed by atoms with Crippen LogP contribution in [0.25, 0.3) is 0 Å². The summed E-state index contributed by atoms with van der Waals surface area (Å²) >= 11 is 0. The minimum absolute atomic E-state index is 0.213. The van der Waals surface area contributed by atoms with E-state index in [9.17, 15) is 4.79 Å². The summed E-state index contributed by atoms with van der Waals surface area (Å²) in [5.41, 5.74) is -0.403. The predicted octanol–water partition coefficient (Wildman–Crippen LogP) is 13.5. The van der Waals surface area contributed by atoms with Crippen LogP contribution in [0, 0.1) is 0 Å². The molecule has 308 valence electrons. The number of nitrogens with zero attached hydrogens (tertiary/aromatic N) is 2. The zero-order chi connectivity index (χ0) is 38.1. The van der Waals surface area contributed by atoms with E-state index in [1.807, 2.05) is 23.9 Å². The third-order valence-electron chi connectivity index (χ3n) is 11.2. The van der Waals surface area contributed by atoms with Gasteiger partial charge in [-0.15, -0.1) is 0 Å². The van der Waals surface area contributed by atoms with Crippen molar-refractivity contribution in [3.8, 4) is 0 Å². The Morgan fingerprint density at radius 1 is 0.660 bits per heavy atom. The lowest BCUT2D eigenvalue weighted by Crippen LogP contribution is -2.53. The van der Waals surface area contributed by atoms with Gasteiger partial charge in [0.25, 0.3) is 0 Å². The molecule has 53 heavy (non-hydrogen) atoms. The zero-order valence-electron chi connectivity index (χ0n) is 35.5. The van der Waals surface area contributed by atoms with E-state index in [-0.39, 0.29) is 6.09 Å². The van der Waals surface area contributed by atoms with Gasteiger partial charge in [0.2, 0.25) is 0 Å². The van der Waals surface area contributed by atoms with Crippen LogP contribution in [0.5, 0.6) is 0 Å². The molecule has 1 spiro atoms. The molecule has 0 N–H and O–H groups in total. The third-order valence-corrected chi connectivity index (χ3v) is 11.2. The van der Waals surface area contributed by atoms with Crippen LogP contribution in [0.4, 0.5) is 4.79 Å². The minimum atomic E-state index is -0.506. The molecule has 0 aromatic heterocycles. The van der Waals surface area contributed by atoms with E-state index in [4.69, 9.17) is 14.2 Å². The molecular formula is C47H86N2O4. The van der Waals surface area contributed by atoms with Crippen LogP contribution >= 0.6 is 0 Å². The molecule has 2 aliphatic heterocycles. The predicted molar refractivity (Wildman–Crippen MR) is 227 cm³/mol. The number of piperidine rings is 1. The quantitative estimate of drug-likeness (QED) is 0.0381. The van der Waals surface area contributed by atoms with E-state index < -0.39 is 11.4 Å². The Morgan fingerprint density at radius 2 is 1.13 bits per heavy atom. The lowest BCUT2D eigenvalue weighted by molar-refractivity contribution is -0.204. The first-order chi connectivity index (χ1) is 25.9. The van der Waals surface area contributed by atoms with Crippen LogP contribution in [-0.4, -0.2) is 74.2 Å². The van der Waals surface area contributed by atoms with Gasteiger partial charge in [0.05, 0.1) is 13.2 Å². The molecular weight excluding hydrogens is 657 g/mol. The second-order valence-electron chi connectivity index (χ2n) is 16.6. The Kier molecular flexibility index (Phi) is 28.3. The minimum Gasteiger partial charge on any atom is -0.448 e. The van der Waals surface area contributed by atoms with Crippen LogP contribution in [0.15, 0.2) is 36.5 Å². The molecule has 2 saturated heterocycles.